The predicted molar refractivity (Wildman–Crippen MR) is 110 cm³/mol. The Labute approximate surface area is 169 Å². The molecule has 152 valence electrons. The fraction of sp³-hybridized carbons (Fsp3) is 0.273. The summed E-state index contributed by atoms with van der Waals surface area (Å²) in [5, 5.41) is 11.0. The van der Waals surface area contributed by atoms with Gasteiger partial charge in [-0.25, -0.2) is 4.79 Å². The van der Waals surface area contributed by atoms with Crippen molar-refractivity contribution in [3.05, 3.63) is 81.9 Å². The van der Waals surface area contributed by atoms with Gasteiger partial charge in [-0.15, -0.1) is 0 Å². The van der Waals surface area contributed by atoms with Gasteiger partial charge in [0.15, 0.2) is 6.61 Å². The van der Waals surface area contributed by atoms with E-state index in [-0.39, 0.29) is 17.2 Å². The second kappa shape index (κ2) is 9.64. The third kappa shape index (κ3) is 6.57. The summed E-state index contributed by atoms with van der Waals surface area (Å²) in [5.74, 6) is -1.07. The van der Waals surface area contributed by atoms with Gasteiger partial charge in [-0.1, -0.05) is 42.5 Å². The van der Waals surface area contributed by atoms with Crippen LogP contribution in [-0.4, -0.2) is 33.8 Å². The molecule has 0 radical (unpaired) electrons. The lowest BCUT2D eigenvalue weighted by Gasteiger charge is -2.35. The zero-order valence-corrected chi connectivity index (χ0v) is 16.7. The first-order valence-corrected chi connectivity index (χ1v) is 9.11. The zero-order valence-electron chi connectivity index (χ0n) is 16.7. The molecule has 0 aromatic heterocycles. The number of carbonyl (C=O) groups excluding carboxylic acids is 2. The van der Waals surface area contributed by atoms with Crippen molar-refractivity contribution in [2.75, 3.05) is 6.61 Å². The Bertz CT molecular complexity index is 901. The quantitative estimate of drug-likeness (QED) is 0.306. The molecule has 29 heavy (non-hydrogen) atoms. The predicted octanol–water partition coefficient (Wildman–Crippen LogP) is 3.98. The lowest BCUT2D eigenvalue weighted by molar-refractivity contribution is -0.385. The molecule has 0 N–H and O–H groups in total. The highest BCUT2D eigenvalue weighted by Crippen LogP contribution is 2.19. The highest BCUT2D eigenvalue weighted by molar-refractivity contribution is 5.90. The second-order valence-corrected chi connectivity index (χ2v) is 7.39. The number of nitrogens with zero attached hydrogens (tertiary/aromatic N) is 2. The summed E-state index contributed by atoms with van der Waals surface area (Å²) in [4.78, 5) is 36.8. The lowest BCUT2D eigenvalue weighted by atomic mass is 10.0. The van der Waals surface area contributed by atoms with E-state index in [4.69, 9.17) is 4.74 Å². The van der Waals surface area contributed by atoms with Crippen molar-refractivity contribution >= 4 is 23.6 Å². The topological polar surface area (TPSA) is 89.8 Å². The molecule has 0 bridgehead atoms. The molecule has 0 aliphatic rings. The van der Waals surface area contributed by atoms with Crippen LogP contribution in [0.1, 0.15) is 31.9 Å². The minimum atomic E-state index is -0.745. The summed E-state index contributed by atoms with van der Waals surface area (Å²) in [5.41, 5.74) is 0.675. The minimum Gasteiger partial charge on any atom is -0.452 e. The number of rotatable bonds is 7. The van der Waals surface area contributed by atoms with Crippen LogP contribution in [0.25, 0.3) is 6.08 Å². The molecular formula is C22H24N2O5. The number of benzene rings is 2. The summed E-state index contributed by atoms with van der Waals surface area (Å²) in [6.07, 6.45) is 2.38. The van der Waals surface area contributed by atoms with Gasteiger partial charge in [0.25, 0.3) is 11.6 Å². The van der Waals surface area contributed by atoms with Crippen molar-refractivity contribution in [3.8, 4) is 0 Å². The summed E-state index contributed by atoms with van der Waals surface area (Å²) >= 11 is 0. The van der Waals surface area contributed by atoms with Crippen molar-refractivity contribution in [2.24, 2.45) is 0 Å². The monoisotopic (exact) mass is 396 g/mol. The molecule has 1 amide bonds. The van der Waals surface area contributed by atoms with Crippen molar-refractivity contribution in [2.45, 2.75) is 32.9 Å². The highest BCUT2D eigenvalue weighted by Gasteiger charge is 2.27. The third-order valence-corrected chi connectivity index (χ3v) is 4.16. The zero-order chi connectivity index (χ0) is 21.4. The molecule has 2 aromatic rings. The molecule has 0 saturated heterocycles. The van der Waals surface area contributed by atoms with Gasteiger partial charge in [-0.05, 0) is 38.5 Å². The van der Waals surface area contributed by atoms with E-state index in [2.05, 4.69) is 0 Å². The van der Waals surface area contributed by atoms with E-state index in [1.54, 1.807) is 17.0 Å². The molecule has 2 rings (SSSR count). The van der Waals surface area contributed by atoms with E-state index < -0.39 is 23.0 Å². The number of para-hydroxylation sites is 1. The van der Waals surface area contributed by atoms with Crippen molar-refractivity contribution in [1.29, 1.82) is 0 Å². The number of ether oxygens (including phenoxy) is 1. The first kappa shape index (κ1) is 21.8. The van der Waals surface area contributed by atoms with E-state index in [0.717, 1.165) is 11.6 Å². The molecule has 7 heteroatoms. The van der Waals surface area contributed by atoms with E-state index in [1.807, 2.05) is 51.1 Å². The molecule has 0 unspecified atom stereocenters. The Morgan fingerprint density at radius 3 is 2.31 bits per heavy atom. The van der Waals surface area contributed by atoms with Gasteiger partial charge < -0.3 is 9.64 Å². The second-order valence-electron chi connectivity index (χ2n) is 7.39. The SMILES string of the molecule is CC(C)(C)N(Cc1ccccc1)C(=O)COC(=O)/C=C/c1ccccc1[N+](=O)[O-]. The molecule has 0 fully saturated rings. The minimum absolute atomic E-state index is 0.116. The smallest absolute Gasteiger partial charge is 0.331 e. The number of nitro benzene ring substituents is 1. The van der Waals surface area contributed by atoms with E-state index in [9.17, 15) is 19.7 Å². The molecule has 2 aromatic carbocycles. The van der Waals surface area contributed by atoms with Crippen molar-refractivity contribution in [3.63, 3.8) is 0 Å². The van der Waals surface area contributed by atoms with Gasteiger partial charge in [0.1, 0.15) is 0 Å². The van der Waals surface area contributed by atoms with Crippen LogP contribution in [0.3, 0.4) is 0 Å². The number of esters is 1. The maximum absolute atomic E-state index is 12.7. The van der Waals surface area contributed by atoms with Crippen LogP contribution >= 0.6 is 0 Å². The lowest BCUT2D eigenvalue weighted by Crippen LogP contribution is -2.46. The van der Waals surface area contributed by atoms with Gasteiger partial charge in [0.2, 0.25) is 0 Å². The average molecular weight is 396 g/mol. The van der Waals surface area contributed by atoms with Gasteiger partial charge >= 0.3 is 5.97 Å². The molecule has 0 saturated carbocycles. The molecular weight excluding hydrogens is 372 g/mol. The molecule has 0 heterocycles. The Kier molecular flexibility index (Phi) is 7.25. The number of hydrogen-bond donors (Lipinski definition) is 0. The Morgan fingerprint density at radius 1 is 1.07 bits per heavy atom. The van der Waals surface area contributed by atoms with E-state index in [1.165, 1.54) is 18.2 Å². The Balaban J connectivity index is 2.00. The van der Waals surface area contributed by atoms with E-state index in [0.29, 0.717) is 6.54 Å². The first-order valence-electron chi connectivity index (χ1n) is 9.11. The van der Waals surface area contributed by atoms with Crippen molar-refractivity contribution < 1.29 is 19.2 Å². The third-order valence-electron chi connectivity index (χ3n) is 4.16. The maximum atomic E-state index is 12.7. The summed E-state index contributed by atoms with van der Waals surface area (Å²) in [6, 6.07) is 15.6. The number of carbonyl (C=O) groups is 2. The number of amides is 1. The van der Waals surface area contributed by atoms with Crippen molar-refractivity contribution in [1.82, 2.24) is 4.90 Å². The molecule has 0 aliphatic carbocycles. The fourth-order valence-corrected chi connectivity index (χ4v) is 2.68. The van der Waals surface area contributed by atoms with Gasteiger partial charge in [0, 0.05) is 24.2 Å². The van der Waals surface area contributed by atoms with Crippen LogP contribution in [0.2, 0.25) is 0 Å². The van der Waals surface area contributed by atoms with Crippen LogP contribution in [0.4, 0.5) is 5.69 Å². The largest absolute Gasteiger partial charge is 0.452 e. The fourth-order valence-electron chi connectivity index (χ4n) is 2.68. The van der Waals surface area contributed by atoms with Crippen LogP contribution in [-0.2, 0) is 20.9 Å². The Morgan fingerprint density at radius 2 is 1.69 bits per heavy atom. The van der Waals surface area contributed by atoms with Crippen LogP contribution < -0.4 is 0 Å². The summed E-state index contributed by atoms with van der Waals surface area (Å²) in [6.45, 7) is 5.70. The van der Waals surface area contributed by atoms with Gasteiger partial charge in [0.05, 0.1) is 10.5 Å². The van der Waals surface area contributed by atoms with E-state index >= 15 is 0 Å². The van der Waals surface area contributed by atoms with Crippen LogP contribution in [0.5, 0.6) is 0 Å². The molecule has 0 aliphatic heterocycles. The first-order chi connectivity index (χ1) is 13.7. The number of nitro groups is 1. The van der Waals surface area contributed by atoms with Gasteiger partial charge in [-0.3, -0.25) is 14.9 Å². The molecule has 0 atom stereocenters. The average Bonchev–Trinajstić information content (AvgIpc) is 2.68. The summed E-state index contributed by atoms with van der Waals surface area (Å²) in [7, 11) is 0. The van der Waals surface area contributed by atoms with Crippen LogP contribution in [0.15, 0.2) is 60.7 Å². The summed E-state index contributed by atoms with van der Waals surface area (Å²) < 4.78 is 5.05. The maximum Gasteiger partial charge on any atom is 0.331 e. The highest BCUT2D eigenvalue weighted by atomic mass is 16.6. The molecule has 0 spiro atoms. The Hall–Kier alpha value is -3.48. The standard InChI is InChI=1S/C22H24N2O5/c1-22(2,3)23(15-17-9-5-4-6-10-17)20(25)16-29-21(26)14-13-18-11-7-8-12-19(18)24(27)28/h4-14H,15-16H2,1-3H3/b14-13+. The van der Waals surface area contributed by atoms with Gasteiger partial charge in [-0.2, -0.15) is 0 Å². The normalized spacial score (nSPS) is 11.3. The molecule has 7 nitrogen and oxygen atoms in total. The number of hydrogen-bond acceptors (Lipinski definition) is 5. The van der Waals surface area contributed by atoms with Crippen LogP contribution in [0, 0.1) is 10.1 Å².